The predicted molar refractivity (Wildman–Crippen MR) is 274 cm³/mol. The summed E-state index contributed by atoms with van der Waals surface area (Å²) in [4.78, 5) is 1.15. The van der Waals surface area contributed by atoms with Gasteiger partial charge in [-0.1, -0.05) is 132 Å². The van der Waals surface area contributed by atoms with Crippen molar-refractivity contribution in [3.63, 3.8) is 0 Å². The highest BCUT2D eigenvalue weighted by Crippen LogP contribution is 2.37. The number of hydrogen-bond acceptors (Lipinski definition) is 3. The Morgan fingerprint density at radius 1 is 0.414 bits per heavy atom. The van der Waals surface area contributed by atoms with Crippen LogP contribution in [-0.2, 0) is 36.5 Å². The fourth-order valence-corrected chi connectivity index (χ4v) is 9.47. The van der Waals surface area contributed by atoms with Gasteiger partial charge in [-0.3, -0.25) is 0 Å². The van der Waals surface area contributed by atoms with Crippen molar-refractivity contribution in [1.29, 1.82) is 0 Å². The number of hydrogen-bond donors (Lipinski definition) is 0. The number of aryl methyl sites for hydroxylation is 2. The third-order valence-corrected chi connectivity index (χ3v) is 13.8. The van der Waals surface area contributed by atoms with Crippen LogP contribution in [0.15, 0.2) is 239 Å². The number of ether oxygens (including phenoxy) is 2. The van der Waals surface area contributed by atoms with Crippen LogP contribution >= 0.6 is 23.2 Å². The van der Waals surface area contributed by atoms with E-state index >= 15 is 17.6 Å². The van der Waals surface area contributed by atoms with E-state index in [0.29, 0.717) is 77.9 Å². The molecule has 8 aromatic carbocycles. The summed E-state index contributed by atoms with van der Waals surface area (Å²) in [6, 6.07) is 60.4. The van der Waals surface area contributed by atoms with Crippen LogP contribution in [-0.4, -0.2) is 4.21 Å². The first-order valence-corrected chi connectivity index (χ1v) is 24.8. The molecule has 0 saturated carbocycles. The first kappa shape index (κ1) is 49.7. The van der Waals surface area contributed by atoms with Gasteiger partial charge in [-0.05, 0) is 156 Å². The Balaban J connectivity index is 0.903. The van der Waals surface area contributed by atoms with Crippen LogP contribution in [0.3, 0.4) is 0 Å². The maximum absolute atomic E-state index is 16.2. The lowest BCUT2D eigenvalue weighted by Gasteiger charge is -2.18. The van der Waals surface area contributed by atoms with E-state index < -0.39 is 45.9 Å². The second-order valence-corrected chi connectivity index (χ2v) is 19.2. The maximum Gasteiger partial charge on any atom is 0.139 e. The molecule has 354 valence electrons. The molecule has 0 spiro atoms. The normalized spacial score (nSPS) is 13.4. The molecule has 0 aromatic heterocycles. The molecule has 3 nitrogen and oxygen atoms in total. The molecule has 0 radical (unpaired) electrons. The van der Waals surface area contributed by atoms with Crippen LogP contribution in [0.25, 0.3) is 0 Å². The molecule has 0 aliphatic rings. The summed E-state index contributed by atoms with van der Waals surface area (Å²) in [5, 5.41) is 0.979. The molecule has 70 heavy (non-hydrogen) atoms. The van der Waals surface area contributed by atoms with E-state index in [2.05, 4.69) is 0 Å². The van der Waals surface area contributed by atoms with Gasteiger partial charge in [0.15, 0.2) is 0 Å². The lowest BCUT2D eigenvalue weighted by molar-refractivity contribution is 0.457. The van der Waals surface area contributed by atoms with Gasteiger partial charge in [-0.15, -0.1) is 0 Å². The summed E-state index contributed by atoms with van der Waals surface area (Å²) in [5.41, 5.74) is 4.07. The molecular formula is C60H48Cl2F4O3S. The van der Waals surface area contributed by atoms with Gasteiger partial charge in [-0.25, -0.2) is 21.8 Å². The van der Waals surface area contributed by atoms with Crippen molar-refractivity contribution >= 4 is 34.0 Å². The topological polar surface area (TPSA) is 35.5 Å². The van der Waals surface area contributed by atoms with E-state index in [1.165, 1.54) is 0 Å². The van der Waals surface area contributed by atoms with E-state index in [0.717, 1.165) is 11.1 Å². The van der Waals surface area contributed by atoms with Gasteiger partial charge in [0.2, 0.25) is 0 Å². The SMILES string of the molecule is O=S(c1ccc(CCC(/C(F)=C(\F)Cc2cccc(Oc3ccccc3)c2)c2ccc(Cl)cc2)cc1)c1ccc(CCC(/C(F)=C(\F)Cc2cccc(Oc3ccccc3)c2)c2ccc(Cl)cc2)cc1. The zero-order chi connectivity index (χ0) is 48.8. The second-order valence-electron chi connectivity index (χ2n) is 16.8. The van der Waals surface area contributed by atoms with Crippen molar-refractivity contribution in [2.24, 2.45) is 0 Å². The Bertz CT molecular complexity index is 2850. The molecule has 0 aliphatic heterocycles. The highest BCUT2D eigenvalue weighted by molar-refractivity contribution is 7.85. The van der Waals surface area contributed by atoms with Gasteiger partial charge < -0.3 is 9.47 Å². The summed E-state index contributed by atoms with van der Waals surface area (Å²) in [6.45, 7) is 0. The van der Waals surface area contributed by atoms with Crippen LogP contribution in [0.1, 0.15) is 58.1 Å². The van der Waals surface area contributed by atoms with Gasteiger partial charge in [0.25, 0.3) is 0 Å². The first-order chi connectivity index (χ1) is 34.0. The number of benzene rings is 8. The number of halogens is 6. The molecule has 2 atom stereocenters. The van der Waals surface area contributed by atoms with Gasteiger partial charge in [0, 0.05) is 44.5 Å². The molecule has 10 heteroatoms. The molecule has 0 aliphatic carbocycles. The lowest BCUT2D eigenvalue weighted by atomic mass is 9.90. The highest BCUT2D eigenvalue weighted by Gasteiger charge is 2.24. The predicted octanol–water partition coefficient (Wildman–Crippen LogP) is 18.0. The molecule has 8 rings (SSSR count). The minimum atomic E-state index is -1.52. The average molecular weight is 996 g/mol. The summed E-state index contributed by atoms with van der Waals surface area (Å²) in [7, 11) is -1.52. The third-order valence-electron chi connectivity index (χ3n) is 11.9. The third kappa shape index (κ3) is 13.7. The molecular weight excluding hydrogens is 948 g/mol. The second kappa shape index (κ2) is 24.2. The summed E-state index contributed by atoms with van der Waals surface area (Å²) >= 11 is 12.3. The van der Waals surface area contributed by atoms with Gasteiger partial charge in [-0.2, -0.15) is 0 Å². The monoisotopic (exact) mass is 994 g/mol. The van der Waals surface area contributed by atoms with Gasteiger partial charge in [0.1, 0.15) is 46.3 Å². The van der Waals surface area contributed by atoms with Crippen LogP contribution in [0.4, 0.5) is 17.6 Å². The van der Waals surface area contributed by atoms with Crippen LogP contribution in [0, 0.1) is 0 Å². The Labute approximate surface area is 419 Å². The standard InChI is InChI=1S/C60H48Cl2F4O3S/c61-47-27-23-45(24-28-47)55(59(65)57(63)39-43-9-7-15-51(37-43)68-49-11-3-1-4-12-49)35-21-41-17-31-53(32-18-41)70(67)54-33-19-42(20-34-54)22-36-56(46-25-29-48(62)30-26-46)60(66)58(64)40-44-10-8-16-52(38-44)69-50-13-5-2-6-14-50/h1-20,23-34,37-38,55-56H,21-22,35-36,39-40H2/b59-57+,60-58+. The smallest absolute Gasteiger partial charge is 0.139 e. The summed E-state index contributed by atoms with van der Waals surface area (Å²) in [6.07, 6.45) is 0.892. The Hall–Kier alpha value is -6.71. The molecule has 8 aromatic rings. The summed E-state index contributed by atoms with van der Waals surface area (Å²) in [5.74, 6) is -2.85. The number of allylic oxidation sites excluding steroid dienone is 4. The highest BCUT2D eigenvalue weighted by atomic mass is 35.5. The van der Waals surface area contributed by atoms with Crippen molar-refractivity contribution in [3.05, 3.63) is 273 Å². The van der Waals surface area contributed by atoms with Crippen LogP contribution in [0.5, 0.6) is 23.0 Å². The van der Waals surface area contributed by atoms with Crippen LogP contribution in [0.2, 0.25) is 10.0 Å². The van der Waals surface area contributed by atoms with Crippen molar-refractivity contribution in [3.8, 4) is 23.0 Å². The number of rotatable bonds is 20. The molecule has 0 N–H and O–H groups in total. The molecule has 0 bridgehead atoms. The Morgan fingerprint density at radius 2 is 0.771 bits per heavy atom. The average Bonchev–Trinajstić information content (AvgIpc) is 3.38. The quantitative estimate of drug-likeness (QED) is 0.0714. The summed E-state index contributed by atoms with van der Waals surface area (Å²) < 4.78 is 89.6. The van der Waals surface area contributed by atoms with Crippen molar-refractivity contribution < 1.29 is 31.2 Å². The fraction of sp³-hybridized carbons (Fsp3) is 0.133. The van der Waals surface area contributed by atoms with Crippen molar-refractivity contribution in [1.82, 2.24) is 0 Å². The Morgan fingerprint density at radius 3 is 1.14 bits per heavy atom. The molecule has 0 amide bonds. The van der Waals surface area contributed by atoms with E-state index in [9.17, 15) is 4.21 Å². The first-order valence-electron chi connectivity index (χ1n) is 22.9. The maximum atomic E-state index is 16.2. The van der Waals surface area contributed by atoms with E-state index in [-0.39, 0.29) is 25.7 Å². The van der Waals surface area contributed by atoms with Crippen molar-refractivity contribution in [2.75, 3.05) is 0 Å². The molecule has 2 unspecified atom stereocenters. The van der Waals surface area contributed by atoms with Gasteiger partial charge in [0.05, 0.1) is 10.8 Å². The fourth-order valence-electron chi connectivity index (χ4n) is 8.18. The van der Waals surface area contributed by atoms with Gasteiger partial charge >= 0.3 is 0 Å². The van der Waals surface area contributed by atoms with Crippen molar-refractivity contribution in [2.45, 2.75) is 60.2 Å². The zero-order valence-corrected chi connectivity index (χ0v) is 40.3. The molecule has 0 saturated heterocycles. The molecule has 0 fully saturated rings. The van der Waals surface area contributed by atoms with Crippen LogP contribution < -0.4 is 9.47 Å². The largest absolute Gasteiger partial charge is 0.457 e. The molecule has 0 heterocycles. The van der Waals surface area contributed by atoms with E-state index in [1.54, 1.807) is 121 Å². The van der Waals surface area contributed by atoms with E-state index in [4.69, 9.17) is 32.7 Å². The lowest BCUT2D eigenvalue weighted by Crippen LogP contribution is -2.05. The van der Waals surface area contributed by atoms with E-state index in [1.807, 2.05) is 84.9 Å². The minimum absolute atomic E-state index is 0.244. The minimum Gasteiger partial charge on any atom is -0.457 e. The number of para-hydroxylation sites is 2. The Kier molecular flexibility index (Phi) is 17.2. The zero-order valence-electron chi connectivity index (χ0n) is 37.9.